The van der Waals surface area contributed by atoms with Gasteiger partial charge in [0.05, 0.1) is 5.56 Å². The van der Waals surface area contributed by atoms with Crippen molar-refractivity contribution in [2.75, 3.05) is 31.1 Å². The number of aryl methyl sites for hydroxylation is 1. The van der Waals surface area contributed by atoms with Crippen molar-refractivity contribution in [2.24, 2.45) is 5.92 Å². The van der Waals surface area contributed by atoms with E-state index in [9.17, 15) is 4.79 Å². The van der Waals surface area contributed by atoms with Crippen LogP contribution in [-0.4, -0.2) is 42.0 Å². The van der Waals surface area contributed by atoms with Gasteiger partial charge < -0.3 is 9.80 Å². The molecule has 148 valence electrons. The minimum Gasteiger partial charge on any atom is -0.356 e. The van der Waals surface area contributed by atoms with Gasteiger partial charge in [0.25, 0.3) is 5.91 Å². The molecule has 0 unspecified atom stereocenters. The Labute approximate surface area is 168 Å². The molecule has 0 N–H and O–H groups in total. The lowest BCUT2D eigenvalue weighted by atomic mass is 9.91. The Bertz CT molecular complexity index is 753. The molecule has 1 aromatic carbocycles. The molecule has 1 amide bonds. The number of piperidine rings is 2. The number of rotatable bonds is 5. The Morgan fingerprint density at radius 2 is 1.79 bits per heavy atom. The van der Waals surface area contributed by atoms with Crippen LogP contribution in [0, 0.1) is 5.92 Å². The van der Waals surface area contributed by atoms with Crippen LogP contribution in [0.15, 0.2) is 48.7 Å². The molecule has 4 nitrogen and oxygen atoms in total. The number of hydrogen-bond acceptors (Lipinski definition) is 3. The first kappa shape index (κ1) is 19.0. The molecule has 3 heterocycles. The monoisotopic (exact) mass is 377 g/mol. The lowest BCUT2D eigenvalue weighted by Crippen LogP contribution is -2.37. The third kappa shape index (κ3) is 4.73. The van der Waals surface area contributed by atoms with Gasteiger partial charge in [-0.15, -0.1) is 0 Å². The first-order valence-electron chi connectivity index (χ1n) is 10.8. The van der Waals surface area contributed by atoms with E-state index < -0.39 is 0 Å². The summed E-state index contributed by atoms with van der Waals surface area (Å²) in [6.07, 6.45) is 10.2. The maximum atomic E-state index is 12.6. The zero-order valence-corrected chi connectivity index (χ0v) is 16.7. The molecule has 0 bridgehead atoms. The summed E-state index contributed by atoms with van der Waals surface area (Å²) in [7, 11) is 0. The van der Waals surface area contributed by atoms with Crippen molar-refractivity contribution in [1.29, 1.82) is 0 Å². The SMILES string of the molecule is O=C(c1ccc(N2CCC[C@@H](CCc3ccccc3)C2)nc1)N1CCCCC1. The van der Waals surface area contributed by atoms with Crippen molar-refractivity contribution in [1.82, 2.24) is 9.88 Å². The van der Waals surface area contributed by atoms with Crippen LogP contribution in [0.4, 0.5) is 5.82 Å². The normalized spacial score (nSPS) is 20.2. The molecule has 1 aromatic heterocycles. The van der Waals surface area contributed by atoms with Crippen molar-refractivity contribution in [3.8, 4) is 0 Å². The largest absolute Gasteiger partial charge is 0.356 e. The van der Waals surface area contributed by atoms with Crippen LogP contribution in [0.5, 0.6) is 0 Å². The Balaban J connectivity index is 1.33. The van der Waals surface area contributed by atoms with Gasteiger partial charge in [0.15, 0.2) is 0 Å². The van der Waals surface area contributed by atoms with Gasteiger partial charge in [0, 0.05) is 32.4 Å². The summed E-state index contributed by atoms with van der Waals surface area (Å²) < 4.78 is 0. The molecule has 0 radical (unpaired) electrons. The molecule has 1 atom stereocenters. The summed E-state index contributed by atoms with van der Waals surface area (Å²) in [4.78, 5) is 21.7. The van der Waals surface area contributed by atoms with Crippen LogP contribution in [-0.2, 0) is 6.42 Å². The number of aromatic nitrogens is 1. The number of benzene rings is 1. The van der Waals surface area contributed by atoms with E-state index in [2.05, 4.69) is 40.2 Å². The van der Waals surface area contributed by atoms with Gasteiger partial charge in [-0.05, 0) is 68.6 Å². The highest BCUT2D eigenvalue weighted by Gasteiger charge is 2.22. The maximum absolute atomic E-state index is 12.6. The van der Waals surface area contributed by atoms with Crippen molar-refractivity contribution in [3.05, 3.63) is 59.8 Å². The zero-order valence-electron chi connectivity index (χ0n) is 16.7. The highest BCUT2D eigenvalue weighted by atomic mass is 16.2. The van der Waals surface area contributed by atoms with E-state index in [1.807, 2.05) is 17.0 Å². The molecule has 4 rings (SSSR count). The second kappa shape index (κ2) is 9.22. The van der Waals surface area contributed by atoms with Crippen molar-refractivity contribution in [2.45, 2.75) is 44.9 Å². The average Bonchev–Trinajstić information content (AvgIpc) is 2.79. The van der Waals surface area contributed by atoms with Gasteiger partial charge in [-0.25, -0.2) is 4.98 Å². The first-order chi connectivity index (χ1) is 13.8. The van der Waals surface area contributed by atoms with Crippen LogP contribution in [0.2, 0.25) is 0 Å². The average molecular weight is 378 g/mol. The van der Waals surface area contributed by atoms with E-state index in [1.165, 1.54) is 31.2 Å². The Morgan fingerprint density at radius 1 is 0.964 bits per heavy atom. The predicted molar refractivity (Wildman–Crippen MR) is 114 cm³/mol. The fraction of sp³-hybridized carbons (Fsp3) is 0.500. The molecule has 2 saturated heterocycles. The molecule has 28 heavy (non-hydrogen) atoms. The maximum Gasteiger partial charge on any atom is 0.255 e. The summed E-state index contributed by atoms with van der Waals surface area (Å²) in [5.41, 5.74) is 2.15. The molecule has 4 heteroatoms. The lowest BCUT2D eigenvalue weighted by molar-refractivity contribution is 0.0724. The summed E-state index contributed by atoms with van der Waals surface area (Å²) in [6.45, 7) is 3.90. The van der Waals surface area contributed by atoms with Crippen molar-refractivity contribution in [3.63, 3.8) is 0 Å². The number of amides is 1. The second-order valence-electron chi connectivity index (χ2n) is 8.24. The molecule has 2 aliphatic heterocycles. The van der Waals surface area contributed by atoms with Crippen LogP contribution in [0.1, 0.15) is 54.4 Å². The number of nitrogens with zero attached hydrogens (tertiary/aromatic N) is 3. The summed E-state index contributed by atoms with van der Waals surface area (Å²) in [5.74, 6) is 1.86. The summed E-state index contributed by atoms with van der Waals surface area (Å²) in [5, 5.41) is 0. The zero-order chi connectivity index (χ0) is 19.2. The van der Waals surface area contributed by atoms with Crippen LogP contribution in [0.3, 0.4) is 0 Å². The van der Waals surface area contributed by atoms with E-state index in [0.29, 0.717) is 5.92 Å². The van der Waals surface area contributed by atoms with E-state index >= 15 is 0 Å². The fourth-order valence-electron chi connectivity index (χ4n) is 4.50. The van der Waals surface area contributed by atoms with Gasteiger partial charge in [0.2, 0.25) is 0 Å². The van der Waals surface area contributed by atoms with Crippen LogP contribution in [0.25, 0.3) is 0 Å². The van der Waals surface area contributed by atoms with Crippen LogP contribution < -0.4 is 4.90 Å². The van der Waals surface area contributed by atoms with E-state index in [1.54, 1.807) is 6.20 Å². The minimum atomic E-state index is 0.137. The van der Waals surface area contributed by atoms with Gasteiger partial charge in [-0.2, -0.15) is 0 Å². The molecular formula is C24H31N3O. The van der Waals surface area contributed by atoms with E-state index in [4.69, 9.17) is 0 Å². The van der Waals surface area contributed by atoms with Crippen molar-refractivity contribution < 1.29 is 4.79 Å². The molecule has 2 aliphatic rings. The quantitative estimate of drug-likeness (QED) is 0.767. The molecule has 2 fully saturated rings. The Hall–Kier alpha value is -2.36. The first-order valence-corrected chi connectivity index (χ1v) is 10.8. The summed E-state index contributed by atoms with van der Waals surface area (Å²) >= 11 is 0. The number of anilines is 1. The van der Waals surface area contributed by atoms with Gasteiger partial charge in [0.1, 0.15) is 5.82 Å². The standard InChI is InChI=1S/C24H31N3O/c28-24(26-15-5-2-6-16-26)22-13-14-23(25-18-22)27-17-7-10-21(19-27)12-11-20-8-3-1-4-9-20/h1,3-4,8-9,13-14,18,21H,2,5-7,10-12,15-17,19H2/t21-/m0/s1. The Morgan fingerprint density at radius 3 is 2.54 bits per heavy atom. The third-order valence-corrected chi connectivity index (χ3v) is 6.17. The van der Waals surface area contributed by atoms with Gasteiger partial charge in [-0.3, -0.25) is 4.79 Å². The Kier molecular flexibility index (Phi) is 6.25. The van der Waals surface area contributed by atoms with E-state index in [0.717, 1.165) is 56.8 Å². The highest BCUT2D eigenvalue weighted by Crippen LogP contribution is 2.25. The topological polar surface area (TPSA) is 36.4 Å². The molecule has 2 aromatic rings. The second-order valence-corrected chi connectivity index (χ2v) is 8.24. The fourth-order valence-corrected chi connectivity index (χ4v) is 4.50. The molecular weight excluding hydrogens is 346 g/mol. The molecule has 0 saturated carbocycles. The molecule has 0 spiro atoms. The number of carbonyl (C=O) groups excluding carboxylic acids is 1. The number of likely N-dealkylation sites (tertiary alicyclic amines) is 1. The molecule has 0 aliphatic carbocycles. The van der Waals surface area contributed by atoms with Gasteiger partial charge >= 0.3 is 0 Å². The third-order valence-electron chi connectivity index (χ3n) is 6.17. The number of pyridine rings is 1. The minimum absolute atomic E-state index is 0.137. The van der Waals surface area contributed by atoms with Crippen molar-refractivity contribution >= 4 is 11.7 Å². The number of hydrogen-bond donors (Lipinski definition) is 0. The van der Waals surface area contributed by atoms with Gasteiger partial charge in [-0.1, -0.05) is 30.3 Å². The smallest absolute Gasteiger partial charge is 0.255 e. The predicted octanol–water partition coefficient (Wildman–Crippen LogP) is 4.56. The lowest BCUT2D eigenvalue weighted by Gasteiger charge is -2.34. The number of carbonyl (C=O) groups is 1. The van der Waals surface area contributed by atoms with E-state index in [-0.39, 0.29) is 5.91 Å². The highest BCUT2D eigenvalue weighted by molar-refractivity contribution is 5.94. The van der Waals surface area contributed by atoms with Crippen LogP contribution >= 0.6 is 0 Å². The summed E-state index contributed by atoms with van der Waals surface area (Å²) in [6, 6.07) is 14.8.